The van der Waals surface area contributed by atoms with Crippen molar-refractivity contribution in [2.24, 2.45) is 0 Å². The summed E-state index contributed by atoms with van der Waals surface area (Å²) in [6, 6.07) is 6.18. The molecule has 0 saturated carbocycles. The van der Waals surface area contributed by atoms with Crippen molar-refractivity contribution in [3.63, 3.8) is 0 Å². The summed E-state index contributed by atoms with van der Waals surface area (Å²) in [7, 11) is 6.34. The van der Waals surface area contributed by atoms with Crippen LogP contribution in [-0.4, -0.2) is 38.8 Å². The quantitative estimate of drug-likeness (QED) is 0.448. The summed E-state index contributed by atoms with van der Waals surface area (Å²) < 4.78 is 12.5. The van der Waals surface area contributed by atoms with E-state index in [1.807, 2.05) is 13.0 Å². The first-order valence-electron chi connectivity index (χ1n) is 7.08. The molecule has 0 bridgehead atoms. The van der Waals surface area contributed by atoms with Crippen LogP contribution >= 0.6 is 17.9 Å². The maximum Gasteiger partial charge on any atom is 0.294 e. The summed E-state index contributed by atoms with van der Waals surface area (Å²) in [6.07, 6.45) is 0. The van der Waals surface area contributed by atoms with Gasteiger partial charge < -0.3 is 13.5 Å². The van der Waals surface area contributed by atoms with Gasteiger partial charge in [0.05, 0.1) is 21.1 Å². The summed E-state index contributed by atoms with van der Waals surface area (Å²) in [4.78, 5) is 0. The molecule has 0 spiro atoms. The zero-order chi connectivity index (χ0) is 16.3. The van der Waals surface area contributed by atoms with Crippen LogP contribution in [0.15, 0.2) is 18.2 Å². The molecule has 1 atom stereocenters. The van der Waals surface area contributed by atoms with Crippen molar-refractivity contribution in [3.8, 4) is 5.75 Å². The average molecular weight is 348 g/mol. The van der Waals surface area contributed by atoms with E-state index in [2.05, 4.69) is 59.4 Å². The first kappa shape index (κ1) is 19.0. The van der Waals surface area contributed by atoms with E-state index in [0.29, 0.717) is 12.5 Å². The fourth-order valence-electron chi connectivity index (χ4n) is 1.78. The standard InChI is InChI=1S/C15H26NO2PS2/c1-12(2)14-8-7-13(3)11-15(14)18-19(20,21)17-10-9-16(4,5)6/h7-8,11-12H,9-10H2,1-6H3/p+1. The lowest BCUT2D eigenvalue weighted by molar-refractivity contribution is -0.870. The molecule has 3 nitrogen and oxygen atoms in total. The maximum absolute atomic E-state index is 5.95. The minimum atomic E-state index is -2.57. The highest BCUT2D eigenvalue weighted by Gasteiger charge is 2.20. The Morgan fingerprint density at radius 1 is 1.29 bits per heavy atom. The van der Waals surface area contributed by atoms with Crippen LogP contribution in [-0.2, 0) is 16.3 Å². The number of rotatable bonds is 7. The molecule has 1 rings (SSSR count). The molecule has 1 unspecified atom stereocenters. The largest absolute Gasteiger partial charge is 0.436 e. The first-order valence-corrected chi connectivity index (χ1v) is 10.9. The summed E-state index contributed by atoms with van der Waals surface area (Å²) in [5.74, 6) is 1.17. The van der Waals surface area contributed by atoms with Crippen molar-refractivity contribution in [1.82, 2.24) is 0 Å². The van der Waals surface area contributed by atoms with Crippen molar-refractivity contribution in [1.29, 1.82) is 0 Å². The van der Waals surface area contributed by atoms with Crippen molar-refractivity contribution >= 4 is 29.7 Å². The Labute approximate surface area is 139 Å². The van der Waals surface area contributed by atoms with Crippen LogP contribution in [0.5, 0.6) is 5.75 Å². The maximum atomic E-state index is 5.95. The molecule has 1 aromatic rings. The minimum Gasteiger partial charge on any atom is -0.436 e. The first-order chi connectivity index (χ1) is 9.50. The number of nitrogens with zero attached hydrogens (tertiary/aromatic N) is 1. The van der Waals surface area contributed by atoms with Gasteiger partial charge in [-0.1, -0.05) is 38.2 Å². The lowest BCUT2D eigenvalue weighted by Gasteiger charge is -2.26. The molecule has 0 heterocycles. The Morgan fingerprint density at radius 2 is 1.90 bits per heavy atom. The van der Waals surface area contributed by atoms with E-state index in [1.54, 1.807) is 0 Å². The smallest absolute Gasteiger partial charge is 0.294 e. The van der Waals surface area contributed by atoms with E-state index in [9.17, 15) is 0 Å². The molecule has 0 aliphatic rings. The molecule has 0 aliphatic heterocycles. The molecule has 0 aromatic heterocycles. The Morgan fingerprint density at radius 3 is 2.43 bits per heavy atom. The third-order valence-electron chi connectivity index (χ3n) is 3.02. The van der Waals surface area contributed by atoms with E-state index in [4.69, 9.17) is 20.9 Å². The van der Waals surface area contributed by atoms with E-state index in [1.165, 1.54) is 0 Å². The highest BCUT2D eigenvalue weighted by Crippen LogP contribution is 2.54. The molecular weight excluding hydrogens is 321 g/mol. The SMILES string of the molecule is Cc1ccc(C(C)C)c(OP(=S)(S)OCC[N+](C)(C)C)c1. The fourth-order valence-corrected chi connectivity index (χ4v) is 3.52. The van der Waals surface area contributed by atoms with Gasteiger partial charge >= 0.3 is 0 Å². The van der Waals surface area contributed by atoms with E-state index in [-0.39, 0.29) is 0 Å². The van der Waals surface area contributed by atoms with Gasteiger partial charge in [0.1, 0.15) is 18.9 Å². The van der Waals surface area contributed by atoms with E-state index < -0.39 is 5.69 Å². The topological polar surface area (TPSA) is 18.5 Å². The van der Waals surface area contributed by atoms with Gasteiger partial charge in [-0.05, 0) is 41.8 Å². The predicted molar refractivity (Wildman–Crippen MR) is 98.0 cm³/mol. The summed E-state index contributed by atoms with van der Waals surface area (Å²) in [6.45, 7) is 7.73. The average Bonchev–Trinajstić information content (AvgIpc) is 2.25. The predicted octanol–water partition coefficient (Wildman–Crippen LogP) is 4.37. The number of aryl methyl sites for hydroxylation is 1. The van der Waals surface area contributed by atoms with Crippen LogP contribution in [0.3, 0.4) is 0 Å². The van der Waals surface area contributed by atoms with Crippen molar-refractivity contribution in [2.45, 2.75) is 26.7 Å². The number of benzene rings is 1. The van der Waals surface area contributed by atoms with Crippen molar-refractivity contribution in [2.75, 3.05) is 34.3 Å². The number of hydrogen-bond acceptors (Lipinski definition) is 3. The molecular formula is C15H27NO2PS2+. The van der Waals surface area contributed by atoms with Gasteiger partial charge in [-0.2, -0.15) is 0 Å². The molecule has 0 saturated heterocycles. The lowest BCUT2D eigenvalue weighted by Crippen LogP contribution is -2.37. The van der Waals surface area contributed by atoms with Crippen LogP contribution in [0, 0.1) is 6.92 Å². The van der Waals surface area contributed by atoms with Crippen molar-refractivity contribution in [3.05, 3.63) is 29.3 Å². The fraction of sp³-hybridized carbons (Fsp3) is 0.600. The van der Waals surface area contributed by atoms with Gasteiger partial charge in [-0.15, -0.1) is 0 Å². The van der Waals surface area contributed by atoms with E-state index >= 15 is 0 Å². The number of quaternary nitrogens is 1. The molecule has 0 amide bonds. The van der Waals surface area contributed by atoms with Gasteiger partial charge in [-0.25, -0.2) is 0 Å². The Kier molecular flexibility index (Phi) is 6.76. The molecule has 120 valence electrons. The molecule has 0 N–H and O–H groups in total. The van der Waals surface area contributed by atoms with E-state index in [0.717, 1.165) is 27.9 Å². The Balaban J connectivity index is 2.79. The van der Waals surface area contributed by atoms with Crippen LogP contribution in [0.1, 0.15) is 30.9 Å². The molecule has 0 aliphatic carbocycles. The zero-order valence-electron chi connectivity index (χ0n) is 13.8. The summed E-state index contributed by atoms with van der Waals surface area (Å²) >= 11 is 9.88. The zero-order valence-corrected chi connectivity index (χ0v) is 16.4. The third kappa shape index (κ3) is 7.16. The number of hydrogen-bond donors (Lipinski definition) is 1. The number of likely N-dealkylation sites (N-methyl/N-ethyl adjacent to an activating group) is 1. The molecule has 1 aromatic carbocycles. The number of thiol groups is 1. The molecule has 21 heavy (non-hydrogen) atoms. The van der Waals surface area contributed by atoms with Gasteiger partial charge in [0.25, 0.3) is 5.69 Å². The summed E-state index contributed by atoms with van der Waals surface area (Å²) in [5.41, 5.74) is -0.288. The normalized spacial score (nSPS) is 15.0. The van der Waals surface area contributed by atoms with Gasteiger partial charge in [0.2, 0.25) is 0 Å². The molecule has 0 fully saturated rings. The highest BCUT2D eigenvalue weighted by molar-refractivity contribution is 8.60. The lowest BCUT2D eigenvalue weighted by atomic mass is 10.0. The molecule has 6 heteroatoms. The second-order valence-electron chi connectivity index (χ2n) is 6.60. The van der Waals surface area contributed by atoms with Crippen LogP contribution in [0.25, 0.3) is 0 Å². The second-order valence-corrected chi connectivity index (χ2v) is 11.8. The van der Waals surface area contributed by atoms with Gasteiger partial charge in [0, 0.05) is 0 Å². The van der Waals surface area contributed by atoms with Crippen LogP contribution in [0.2, 0.25) is 0 Å². The van der Waals surface area contributed by atoms with Gasteiger partial charge in [-0.3, -0.25) is 0 Å². The Hall–Kier alpha value is -0.0600. The summed E-state index contributed by atoms with van der Waals surface area (Å²) in [5, 5.41) is 0. The Bertz CT molecular complexity index is 527. The minimum absolute atomic E-state index is 0.371. The highest BCUT2D eigenvalue weighted by atomic mass is 32.9. The van der Waals surface area contributed by atoms with Crippen LogP contribution in [0.4, 0.5) is 0 Å². The van der Waals surface area contributed by atoms with Gasteiger partial charge in [0.15, 0.2) is 0 Å². The monoisotopic (exact) mass is 348 g/mol. The molecule has 0 radical (unpaired) electrons. The second kappa shape index (κ2) is 7.47. The van der Waals surface area contributed by atoms with Crippen molar-refractivity contribution < 1.29 is 13.5 Å². The third-order valence-corrected chi connectivity index (χ3v) is 5.09. The van der Waals surface area contributed by atoms with Crippen LogP contribution < -0.4 is 4.52 Å².